The van der Waals surface area contributed by atoms with Crippen LogP contribution in [0.25, 0.3) is 0 Å². The normalized spacial score (nSPS) is 11.8. The van der Waals surface area contributed by atoms with Crippen molar-refractivity contribution in [2.75, 3.05) is 0 Å². The maximum absolute atomic E-state index is 12.5. The lowest BCUT2D eigenvalue weighted by Crippen LogP contribution is -2.24. The number of H-pyrrole nitrogens is 1. The summed E-state index contributed by atoms with van der Waals surface area (Å²) in [5.74, 6) is 0. The van der Waals surface area contributed by atoms with E-state index in [-0.39, 0.29) is 18.0 Å². The van der Waals surface area contributed by atoms with E-state index in [1.165, 1.54) is 6.07 Å². The monoisotopic (exact) mass is 309 g/mol. The maximum atomic E-state index is 12.5. The Bertz CT molecular complexity index is 723. The second-order valence-electron chi connectivity index (χ2n) is 4.80. The molecule has 0 aliphatic carbocycles. The van der Waals surface area contributed by atoms with Crippen LogP contribution in [0, 0.1) is 6.92 Å². The molecule has 1 aromatic heterocycles. The van der Waals surface area contributed by atoms with Crippen molar-refractivity contribution in [3.63, 3.8) is 0 Å². The Labute approximate surface area is 124 Å². The smallest absolute Gasteiger partial charge is 0.241 e. The molecule has 6 nitrogen and oxygen atoms in total. The Morgan fingerprint density at radius 3 is 2.67 bits per heavy atom. The summed E-state index contributed by atoms with van der Waals surface area (Å²) in [7, 11) is -3.63. The Kier molecular flexibility index (Phi) is 4.76. The molecule has 0 amide bonds. The Balaban J connectivity index is 2.28. The summed E-state index contributed by atoms with van der Waals surface area (Å²) >= 11 is 0. The predicted molar refractivity (Wildman–Crippen MR) is 79.1 cm³/mol. The molecule has 3 N–H and O–H groups in total. The molecule has 0 aliphatic heterocycles. The number of aromatic nitrogens is 2. The summed E-state index contributed by atoms with van der Waals surface area (Å²) in [6, 6.07) is 4.99. The third kappa shape index (κ3) is 3.49. The van der Waals surface area contributed by atoms with Crippen molar-refractivity contribution in [1.82, 2.24) is 14.9 Å². The molecule has 21 heavy (non-hydrogen) atoms. The van der Waals surface area contributed by atoms with Gasteiger partial charge < -0.3 is 5.11 Å². The van der Waals surface area contributed by atoms with Crippen LogP contribution in [0.2, 0.25) is 0 Å². The minimum atomic E-state index is -3.63. The Morgan fingerprint density at radius 2 is 2.10 bits per heavy atom. The van der Waals surface area contributed by atoms with Gasteiger partial charge in [0.05, 0.1) is 17.7 Å². The first-order valence-corrected chi connectivity index (χ1v) is 8.17. The molecule has 0 atom stereocenters. The molecule has 0 unspecified atom stereocenters. The summed E-state index contributed by atoms with van der Waals surface area (Å²) in [6.45, 7) is 3.72. The van der Waals surface area contributed by atoms with Gasteiger partial charge in [-0.15, -0.1) is 0 Å². The molecule has 114 valence electrons. The standard InChI is InChI=1S/C14H19N3O3S/c1-3-12-5-4-11(9-18)6-14(12)21(19,20)16-8-13-7-15-17-10(13)2/h4-7,16,18H,3,8-9H2,1-2H3,(H,15,17). The van der Waals surface area contributed by atoms with Crippen LogP contribution in [0.5, 0.6) is 0 Å². The SMILES string of the molecule is CCc1ccc(CO)cc1S(=O)(=O)NCc1cn[nH]c1C. The lowest BCUT2D eigenvalue weighted by atomic mass is 10.1. The zero-order chi connectivity index (χ0) is 15.5. The fraction of sp³-hybridized carbons (Fsp3) is 0.357. The summed E-state index contributed by atoms with van der Waals surface area (Å²) in [5, 5.41) is 15.8. The van der Waals surface area contributed by atoms with Crippen molar-refractivity contribution < 1.29 is 13.5 Å². The molecular formula is C14H19N3O3S. The quantitative estimate of drug-likeness (QED) is 0.748. The number of nitrogens with one attached hydrogen (secondary N) is 2. The van der Waals surface area contributed by atoms with Gasteiger partial charge in [0.1, 0.15) is 0 Å². The molecule has 0 bridgehead atoms. The highest BCUT2D eigenvalue weighted by Gasteiger charge is 2.18. The minimum Gasteiger partial charge on any atom is -0.392 e. The molecule has 1 aromatic carbocycles. The average Bonchev–Trinajstić information content (AvgIpc) is 2.90. The largest absolute Gasteiger partial charge is 0.392 e. The molecular weight excluding hydrogens is 290 g/mol. The molecule has 0 aliphatic rings. The first kappa shape index (κ1) is 15.7. The first-order valence-electron chi connectivity index (χ1n) is 6.69. The number of nitrogens with zero attached hydrogens (tertiary/aromatic N) is 1. The van der Waals surface area contributed by atoms with Crippen molar-refractivity contribution in [2.45, 2.75) is 38.3 Å². The van der Waals surface area contributed by atoms with Gasteiger partial charge >= 0.3 is 0 Å². The highest BCUT2D eigenvalue weighted by atomic mass is 32.2. The lowest BCUT2D eigenvalue weighted by molar-refractivity contribution is 0.281. The second kappa shape index (κ2) is 6.38. The summed E-state index contributed by atoms with van der Waals surface area (Å²) < 4.78 is 27.5. The number of aromatic amines is 1. The fourth-order valence-corrected chi connectivity index (χ4v) is 3.41. The molecule has 0 radical (unpaired) electrons. The predicted octanol–water partition coefficient (Wildman–Crippen LogP) is 1.25. The number of hydrogen-bond acceptors (Lipinski definition) is 4. The van der Waals surface area contributed by atoms with Gasteiger partial charge in [0, 0.05) is 17.8 Å². The van der Waals surface area contributed by atoms with E-state index in [1.54, 1.807) is 18.3 Å². The summed E-state index contributed by atoms with van der Waals surface area (Å²) in [6.07, 6.45) is 2.20. The van der Waals surface area contributed by atoms with Crippen LogP contribution in [0.4, 0.5) is 0 Å². The minimum absolute atomic E-state index is 0.178. The molecule has 1 heterocycles. The number of benzene rings is 1. The lowest BCUT2D eigenvalue weighted by Gasteiger charge is -2.11. The average molecular weight is 309 g/mol. The first-order chi connectivity index (χ1) is 9.97. The zero-order valence-electron chi connectivity index (χ0n) is 12.0. The van der Waals surface area contributed by atoms with Gasteiger partial charge in [0.25, 0.3) is 0 Å². The maximum Gasteiger partial charge on any atom is 0.241 e. The van der Waals surface area contributed by atoms with Crippen LogP contribution in [0.1, 0.15) is 29.3 Å². The van der Waals surface area contributed by atoms with Crippen molar-refractivity contribution in [2.24, 2.45) is 0 Å². The van der Waals surface area contributed by atoms with E-state index >= 15 is 0 Å². The highest BCUT2D eigenvalue weighted by molar-refractivity contribution is 7.89. The number of aryl methyl sites for hydroxylation is 2. The summed E-state index contributed by atoms with van der Waals surface area (Å²) in [5.41, 5.74) is 2.93. The summed E-state index contributed by atoms with van der Waals surface area (Å²) in [4.78, 5) is 0.220. The molecule has 7 heteroatoms. The van der Waals surface area contributed by atoms with Gasteiger partial charge in [-0.05, 0) is 30.5 Å². The van der Waals surface area contributed by atoms with Gasteiger partial charge in [-0.25, -0.2) is 13.1 Å². The molecule has 0 fully saturated rings. The van der Waals surface area contributed by atoms with Gasteiger partial charge in [0.15, 0.2) is 0 Å². The van der Waals surface area contributed by atoms with Crippen molar-refractivity contribution in [3.8, 4) is 0 Å². The number of hydrogen-bond donors (Lipinski definition) is 3. The third-order valence-electron chi connectivity index (χ3n) is 3.37. The van der Waals surface area contributed by atoms with Crippen molar-refractivity contribution >= 4 is 10.0 Å². The van der Waals surface area contributed by atoms with E-state index in [1.807, 2.05) is 13.8 Å². The van der Waals surface area contributed by atoms with Crippen molar-refractivity contribution in [3.05, 3.63) is 46.8 Å². The van der Waals surface area contributed by atoms with E-state index in [2.05, 4.69) is 14.9 Å². The fourth-order valence-electron chi connectivity index (χ4n) is 2.04. The highest BCUT2D eigenvalue weighted by Crippen LogP contribution is 2.19. The van der Waals surface area contributed by atoms with Crippen LogP contribution in [-0.4, -0.2) is 23.7 Å². The van der Waals surface area contributed by atoms with E-state index in [0.717, 1.165) is 16.8 Å². The molecule has 2 rings (SSSR count). The van der Waals surface area contributed by atoms with Crippen LogP contribution < -0.4 is 4.72 Å². The van der Waals surface area contributed by atoms with E-state index in [9.17, 15) is 13.5 Å². The van der Waals surface area contributed by atoms with Gasteiger partial charge in [-0.2, -0.15) is 5.10 Å². The Hall–Kier alpha value is -1.70. The van der Waals surface area contributed by atoms with E-state index in [4.69, 9.17) is 0 Å². The zero-order valence-corrected chi connectivity index (χ0v) is 12.9. The number of rotatable bonds is 6. The van der Waals surface area contributed by atoms with Crippen LogP contribution in [0.3, 0.4) is 0 Å². The molecule has 2 aromatic rings. The Morgan fingerprint density at radius 1 is 1.33 bits per heavy atom. The number of aliphatic hydroxyl groups excluding tert-OH is 1. The van der Waals surface area contributed by atoms with Crippen LogP contribution in [0.15, 0.2) is 29.3 Å². The molecule has 0 saturated heterocycles. The second-order valence-corrected chi connectivity index (χ2v) is 6.53. The van der Waals surface area contributed by atoms with Crippen LogP contribution in [-0.2, 0) is 29.6 Å². The topological polar surface area (TPSA) is 95.1 Å². The van der Waals surface area contributed by atoms with Gasteiger partial charge in [0.2, 0.25) is 10.0 Å². The van der Waals surface area contributed by atoms with Gasteiger partial charge in [-0.3, -0.25) is 5.10 Å². The van der Waals surface area contributed by atoms with Gasteiger partial charge in [-0.1, -0.05) is 19.1 Å². The molecule has 0 spiro atoms. The number of sulfonamides is 1. The van der Waals surface area contributed by atoms with Crippen LogP contribution >= 0.6 is 0 Å². The molecule has 0 saturated carbocycles. The van der Waals surface area contributed by atoms with E-state index in [0.29, 0.717) is 12.0 Å². The number of aliphatic hydroxyl groups is 1. The third-order valence-corrected chi connectivity index (χ3v) is 4.85. The van der Waals surface area contributed by atoms with Crippen molar-refractivity contribution in [1.29, 1.82) is 0 Å². The van der Waals surface area contributed by atoms with E-state index < -0.39 is 10.0 Å².